The van der Waals surface area contributed by atoms with E-state index < -0.39 is 34.3 Å². The van der Waals surface area contributed by atoms with E-state index in [-0.39, 0.29) is 29.1 Å². The molecule has 2 atom stereocenters. The molecule has 2 amide bonds. The molecule has 0 bridgehead atoms. The number of rotatable bonds is 13. The zero-order chi connectivity index (χ0) is 30.2. The van der Waals surface area contributed by atoms with Crippen molar-refractivity contribution in [3.8, 4) is 5.75 Å². The molecule has 0 saturated heterocycles. The number of halogens is 1. The van der Waals surface area contributed by atoms with E-state index >= 15 is 0 Å². The van der Waals surface area contributed by atoms with Crippen LogP contribution in [-0.2, 0) is 26.2 Å². The van der Waals surface area contributed by atoms with Gasteiger partial charge in [0.05, 0.1) is 17.7 Å². The van der Waals surface area contributed by atoms with Gasteiger partial charge in [0.15, 0.2) is 0 Å². The van der Waals surface area contributed by atoms with Crippen molar-refractivity contribution >= 4 is 27.5 Å². The molecule has 3 rings (SSSR count). The number of benzene rings is 3. The maximum Gasteiger partial charge on any atom is 0.264 e. The number of amides is 2. The molecule has 0 saturated carbocycles. The zero-order valence-electron chi connectivity index (χ0n) is 24.1. The first-order chi connectivity index (χ1) is 19.5. The third kappa shape index (κ3) is 8.07. The summed E-state index contributed by atoms with van der Waals surface area (Å²) in [6.07, 6.45) is 1.02. The molecule has 41 heavy (non-hydrogen) atoms. The Bertz CT molecular complexity index is 1430. The fourth-order valence-corrected chi connectivity index (χ4v) is 5.72. The van der Waals surface area contributed by atoms with E-state index in [2.05, 4.69) is 5.32 Å². The lowest BCUT2D eigenvalue weighted by atomic mass is 10.1. The maximum absolute atomic E-state index is 14.1. The van der Waals surface area contributed by atoms with Crippen molar-refractivity contribution in [3.05, 3.63) is 89.7 Å². The Hall–Kier alpha value is -3.92. The van der Waals surface area contributed by atoms with Gasteiger partial charge in [-0.15, -0.1) is 0 Å². The summed E-state index contributed by atoms with van der Waals surface area (Å²) in [7, 11) is -2.73. The highest BCUT2D eigenvalue weighted by atomic mass is 32.2. The normalized spacial score (nSPS) is 12.7. The number of carbonyl (C=O) groups is 2. The molecule has 3 aromatic carbocycles. The van der Waals surface area contributed by atoms with Crippen LogP contribution in [-0.4, -0.2) is 50.9 Å². The van der Waals surface area contributed by atoms with Gasteiger partial charge in [-0.1, -0.05) is 43.7 Å². The van der Waals surface area contributed by atoms with Crippen LogP contribution in [0.4, 0.5) is 10.1 Å². The number of nitrogens with zero attached hydrogens (tertiary/aromatic N) is 2. The van der Waals surface area contributed by atoms with Crippen molar-refractivity contribution in [2.24, 2.45) is 0 Å². The van der Waals surface area contributed by atoms with Crippen LogP contribution in [0.15, 0.2) is 77.7 Å². The summed E-state index contributed by atoms with van der Waals surface area (Å²) < 4.78 is 47.6. The van der Waals surface area contributed by atoms with E-state index in [1.165, 1.54) is 24.1 Å². The van der Waals surface area contributed by atoms with E-state index in [4.69, 9.17) is 4.74 Å². The molecule has 1 N–H and O–H groups in total. The van der Waals surface area contributed by atoms with Crippen molar-refractivity contribution in [3.63, 3.8) is 0 Å². The number of sulfonamides is 1. The van der Waals surface area contributed by atoms with Gasteiger partial charge in [0.1, 0.15) is 24.2 Å². The fraction of sp³-hybridized carbons (Fsp3) is 0.355. The largest absolute Gasteiger partial charge is 0.497 e. The summed E-state index contributed by atoms with van der Waals surface area (Å²) in [5, 5.41) is 2.95. The Balaban J connectivity index is 2.06. The van der Waals surface area contributed by atoms with Gasteiger partial charge in [-0.3, -0.25) is 13.9 Å². The van der Waals surface area contributed by atoms with E-state index in [0.717, 1.165) is 27.6 Å². The molecule has 0 aromatic heterocycles. The molecule has 0 heterocycles. The lowest BCUT2D eigenvalue weighted by Gasteiger charge is -2.33. The van der Waals surface area contributed by atoms with Crippen LogP contribution in [0.25, 0.3) is 0 Å². The van der Waals surface area contributed by atoms with Gasteiger partial charge in [-0.2, -0.15) is 0 Å². The van der Waals surface area contributed by atoms with Crippen LogP contribution in [0, 0.1) is 12.7 Å². The quantitative estimate of drug-likeness (QED) is 0.304. The summed E-state index contributed by atoms with van der Waals surface area (Å²) in [4.78, 5) is 28.7. The summed E-state index contributed by atoms with van der Waals surface area (Å²) in [5.74, 6) is -0.872. The zero-order valence-corrected chi connectivity index (χ0v) is 24.9. The Morgan fingerprint density at radius 3 is 2.22 bits per heavy atom. The first-order valence-electron chi connectivity index (χ1n) is 13.6. The van der Waals surface area contributed by atoms with Crippen molar-refractivity contribution < 1.29 is 27.1 Å². The number of hydrogen-bond donors (Lipinski definition) is 1. The highest BCUT2D eigenvalue weighted by molar-refractivity contribution is 7.92. The SMILES string of the molecule is CC[C@H](C)NC(=O)[C@H](CC)N(Cc1cccc(OC)c1)C(=O)CN(c1ccc(C)cc1)S(=O)(=O)c1ccc(F)cc1. The third-order valence-electron chi connectivity index (χ3n) is 6.88. The van der Waals surface area contributed by atoms with Gasteiger partial charge < -0.3 is 15.0 Å². The maximum atomic E-state index is 14.1. The lowest BCUT2D eigenvalue weighted by Crippen LogP contribution is -2.53. The van der Waals surface area contributed by atoms with Gasteiger partial charge >= 0.3 is 0 Å². The van der Waals surface area contributed by atoms with Crippen molar-refractivity contribution in [1.29, 1.82) is 0 Å². The number of methoxy groups -OCH3 is 1. The standard InChI is InChI=1S/C31H38FN3O5S/c1-6-23(4)33-31(37)29(7-2)34(20-24-9-8-10-27(19-24)40-5)30(36)21-35(26-15-11-22(3)12-16-26)41(38,39)28-17-13-25(32)14-18-28/h8-19,23,29H,6-7,20-21H2,1-5H3,(H,33,37)/t23-,29-/m0/s1. The molecule has 10 heteroatoms. The second-order valence-corrected chi connectivity index (χ2v) is 11.8. The average molecular weight is 584 g/mol. The molecule has 220 valence electrons. The molecule has 0 unspecified atom stereocenters. The topological polar surface area (TPSA) is 96.0 Å². The van der Waals surface area contributed by atoms with Gasteiger partial charge in [-0.05, 0) is 80.8 Å². The highest BCUT2D eigenvalue weighted by Crippen LogP contribution is 2.26. The summed E-state index contributed by atoms with van der Waals surface area (Å²) in [5.41, 5.74) is 1.90. The second kappa shape index (κ2) is 14.1. The molecular formula is C31H38FN3O5S. The van der Waals surface area contributed by atoms with Crippen LogP contribution in [0.5, 0.6) is 5.75 Å². The highest BCUT2D eigenvalue weighted by Gasteiger charge is 2.34. The molecule has 0 spiro atoms. The molecule has 0 fully saturated rings. The Kier molecular flexibility index (Phi) is 10.9. The van der Waals surface area contributed by atoms with Crippen molar-refractivity contribution in [1.82, 2.24) is 10.2 Å². The van der Waals surface area contributed by atoms with Crippen molar-refractivity contribution in [2.75, 3.05) is 18.0 Å². The van der Waals surface area contributed by atoms with Gasteiger partial charge in [0.25, 0.3) is 10.0 Å². The summed E-state index contributed by atoms with van der Waals surface area (Å²) >= 11 is 0. The van der Waals surface area contributed by atoms with Crippen LogP contribution in [0.1, 0.15) is 44.7 Å². The van der Waals surface area contributed by atoms with Crippen LogP contribution in [0.2, 0.25) is 0 Å². The van der Waals surface area contributed by atoms with Crippen LogP contribution < -0.4 is 14.4 Å². The number of anilines is 1. The van der Waals surface area contributed by atoms with Crippen LogP contribution >= 0.6 is 0 Å². The van der Waals surface area contributed by atoms with E-state index in [1.807, 2.05) is 26.8 Å². The van der Waals surface area contributed by atoms with Crippen molar-refractivity contribution in [2.45, 2.75) is 64.1 Å². The molecule has 8 nitrogen and oxygen atoms in total. The molecule has 3 aromatic rings. The Morgan fingerprint density at radius 2 is 1.63 bits per heavy atom. The lowest BCUT2D eigenvalue weighted by molar-refractivity contribution is -0.140. The average Bonchev–Trinajstić information content (AvgIpc) is 2.96. The molecule has 0 radical (unpaired) electrons. The fourth-order valence-electron chi connectivity index (χ4n) is 4.30. The Morgan fingerprint density at radius 1 is 0.976 bits per heavy atom. The van der Waals surface area contributed by atoms with Gasteiger partial charge in [0.2, 0.25) is 11.8 Å². The minimum Gasteiger partial charge on any atom is -0.497 e. The predicted octanol–water partition coefficient (Wildman–Crippen LogP) is 5.06. The number of hydrogen-bond acceptors (Lipinski definition) is 5. The van der Waals surface area contributed by atoms with E-state index in [1.54, 1.807) is 49.4 Å². The molecule has 0 aliphatic carbocycles. The molecule has 0 aliphatic rings. The number of carbonyl (C=O) groups excluding carboxylic acids is 2. The number of aryl methyl sites for hydroxylation is 1. The minimum atomic E-state index is -4.27. The van der Waals surface area contributed by atoms with E-state index in [9.17, 15) is 22.4 Å². The minimum absolute atomic E-state index is 0.0563. The molecule has 0 aliphatic heterocycles. The molecular weight excluding hydrogens is 545 g/mol. The van der Waals surface area contributed by atoms with Gasteiger partial charge in [-0.25, -0.2) is 12.8 Å². The second-order valence-electron chi connectivity index (χ2n) is 9.92. The number of ether oxygens (including phenoxy) is 1. The smallest absolute Gasteiger partial charge is 0.264 e. The third-order valence-corrected chi connectivity index (χ3v) is 8.66. The number of nitrogens with one attached hydrogen (secondary N) is 1. The first-order valence-corrected chi connectivity index (χ1v) is 15.0. The Labute approximate surface area is 242 Å². The van der Waals surface area contributed by atoms with Crippen LogP contribution in [0.3, 0.4) is 0 Å². The van der Waals surface area contributed by atoms with Gasteiger partial charge in [0, 0.05) is 12.6 Å². The predicted molar refractivity (Wildman–Crippen MR) is 158 cm³/mol. The van der Waals surface area contributed by atoms with E-state index in [0.29, 0.717) is 18.6 Å². The summed E-state index contributed by atoms with van der Waals surface area (Å²) in [6.45, 7) is 6.99. The first kappa shape index (κ1) is 31.6. The summed E-state index contributed by atoms with van der Waals surface area (Å²) in [6, 6.07) is 17.4. The monoisotopic (exact) mass is 583 g/mol.